The summed E-state index contributed by atoms with van der Waals surface area (Å²) in [6.45, 7) is 0.754. The number of phenolic OH excluding ortho intramolecular Hbond substituents is 1. The van der Waals surface area contributed by atoms with Gasteiger partial charge in [-0.05, 0) is 24.1 Å². The van der Waals surface area contributed by atoms with E-state index in [-0.39, 0.29) is 11.7 Å². The van der Waals surface area contributed by atoms with Gasteiger partial charge in [0.15, 0.2) is 0 Å². The van der Waals surface area contributed by atoms with Gasteiger partial charge in [-0.1, -0.05) is 12.1 Å². The molecule has 1 aromatic rings. The molecule has 92 valence electrons. The summed E-state index contributed by atoms with van der Waals surface area (Å²) in [5.74, 6) is 0.0582. The molecule has 1 unspecified atom stereocenters. The highest BCUT2D eigenvalue weighted by atomic mass is 16.3. The minimum absolute atomic E-state index is 0.136. The first-order valence-electron chi connectivity index (χ1n) is 5.56. The van der Waals surface area contributed by atoms with E-state index in [1.165, 1.54) is 0 Å². The van der Waals surface area contributed by atoms with Crippen LogP contribution in [0.5, 0.6) is 5.75 Å². The van der Waals surface area contributed by atoms with Gasteiger partial charge in [0.05, 0.1) is 12.1 Å². The Hall–Kier alpha value is -1.59. The molecule has 2 rings (SSSR count). The van der Waals surface area contributed by atoms with Crippen LogP contribution in [0.4, 0.5) is 0 Å². The zero-order valence-electron chi connectivity index (χ0n) is 9.41. The SMILES string of the molecule is NC(Cc1ccc(O)cc1)C(=O)N1CC(O)C1. The predicted octanol–water partition coefficient (Wildman–Crippen LogP) is -0.535. The van der Waals surface area contributed by atoms with Gasteiger partial charge in [0.25, 0.3) is 0 Å². The number of carbonyl (C=O) groups excluding carboxylic acids is 1. The summed E-state index contributed by atoms with van der Waals surface area (Å²) in [6.07, 6.45) is 0.0333. The van der Waals surface area contributed by atoms with Gasteiger partial charge < -0.3 is 20.8 Å². The van der Waals surface area contributed by atoms with E-state index in [4.69, 9.17) is 15.9 Å². The largest absolute Gasteiger partial charge is 0.508 e. The number of rotatable bonds is 3. The van der Waals surface area contributed by atoms with Crippen molar-refractivity contribution < 1.29 is 15.0 Å². The number of phenols is 1. The summed E-state index contributed by atoms with van der Waals surface area (Å²) in [5, 5.41) is 18.2. The molecule has 5 nitrogen and oxygen atoms in total. The van der Waals surface area contributed by atoms with Crippen LogP contribution in [0.25, 0.3) is 0 Å². The van der Waals surface area contributed by atoms with E-state index >= 15 is 0 Å². The topological polar surface area (TPSA) is 86.8 Å². The summed E-state index contributed by atoms with van der Waals surface area (Å²) in [6, 6.07) is 6.03. The number of β-amino-alcohol motifs (C(OH)–C–C–N with tert-alkyl or cyclic N) is 1. The molecule has 0 bridgehead atoms. The number of hydrogen-bond donors (Lipinski definition) is 3. The molecule has 0 aliphatic carbocycles. The second-order valence-corrected chi connectivity index (χ2v) is 4.37. The molecule has 1 atom stereocenters. The lowest BCUT2D eigenvalue weighted by atomic mass is 10.0. The summed E-state index contributed by atoms with van der Waals surface area (Å²) >= 11 is 0. The van der Waals surface area contributed by atoms with Gasteiger partial charge in [0.2, 0.25) is 5.91 Å². The number of likely N-dealkylation sites (tertiary alicyclic amines) is 1. The number of benzene rings is 1. The van der Waals surface area contributed by atoms with Gasteiger partial charge in [0, 0.05) is 13.1 Å². The molecule has 4 N–H and O–H groups in total. The maximum absolute atomic E-state index is 11.8. The second kappa shape index (κ2) is 4.73. The molecule has 1 saturated heterocycles. The molecule has 5 heteroatoms. The molecule has 1 aliphatic heterocycles. The van der Waals surface area contributed by atoms with Crippen LogP contribution < -0.4 is 5.73 Å². The average molecular weight is 236 g/mol. The van der Waals surface area contributed by atoms with E-state index in [9.17, 15) is 4.79 Å². The second-order valence-electron chi connectivity index (χ2n) is 4.37. The number of carbonyl (C=O) groups is 1. The van der Waals surface area contributed by atoms with Crippen molar-refractivity contribution in [2.24, 2.45) is 5.73 Å². The van der Waals surface area contributed by atoms with Crippen LogP contribution in [0.2, 0.25) is 0 Å². The number of aliphatic hydroxyl groups is 1. The Bertz CT molecular complexity index is 399. The molecule has 0 radical (unpaired) electrons. The normalized spacial score (nSPS) is 17.6. The maximum Gasteiger partial charge on any atom is 0.240 e. The zero-order valence-corrected chi connectivity index (χ0v) is 9.41. The van der Waals surface area contributed by atoms with Crippen LogP contribution in [-0.2, 0) is 11.2 Å². The van der Waals surface area contributed by atoms with Crippen molar-refractivity contribution in [2.75, 3.05) is 13.1 Å². The van der Waals surface area contributed by atoms with Gasteiger partial charge in [-0.25, -0.2) is 0 Å². The van der Waals surface area contributed by atoms with Crippen molar-refractivity contribution in [3.63, 3.8) is 0 Å². The summed E-state index contributed by atoms with van der Waals surface area (Å²) in [5.41, 5.74) is 6.71. The van der Waals surface area contributed by atoms with E-state index in [0.717, 1.165) is 5.56 Å². The van der Waals surface area contributed by atoms with Crippen molar-refractivity contribution in [3.05, 3.63) is 29.8 Å². The van der Waals surface area contributed by atoms with Crippen LogP contribution in [0.1, 0.15) is 5.56 Å². The summed E-state index contributed by atoms with van der Waals surface area (Å²) in [4.78, 5) is 13.3. The molecule has 1 amide bonds. The highest BCUT2D eigenvalue weighted by molar-refractivity contribution is 5.82. The Balaban J connectivity index is 1.90. The Kier molecular flexibility index (Phi) is 3.31. The van der Waals surface area contributed by atoms with E-state index in [0.29, 0.717) is 19.5 Å². The minimum atomic E-state index is -0.591. The maximum atomic E-state index is 11.8. The number of aliphatic hydroxyl groups excluding tert-OH is 1. The Morgan fingerprint density at radius 3 is 2.53 bits per heavy atom. The van der Waals surface area contributed by atoms with Crippen molar-refractivity contribution in [1.82, 2.24) is 4.90 Å². The minimum Gasteiger partial charge on any atom is -0.508 e. The standard InChI is InChI=1S/C12H16N2O3/c13-11(12(17)14-6-10(16)7-14)5-8-1-3-9(15)4-2-8/h1-4,10-11,15-16H,5-7,13H2. The number of amides is 1. The molecule has 1 aromatic carbocycles. The van der Waals surface area contributed by atoms with Crippen LogP contribution in [0, 0.1) is 0 Å². The van der Waals surface area contributed by atoms with Crippen LogP contribution in [0.3, 0.4) is 0 Å². The van der Waals surface area contributed by atoms with Gasteiger partial charge in [-0.3, -0.25) is 4.79 Å². The molecule has 0 saturated carbocycles. The third kappa shape index (κ3) is 2.75. The first-order chi connectivity index (χ1) is 8.06. The van der Waals surface area contributed by atoms with E-state index in [1.807, 2.05) is 0 Å². The Labute approximate surface area is 99.5 Å². The third-order valence-electron chi connectivity index (χ3n) is 2.88. The fraction of sp³-hybridized carbons (Fsp3) is 0.417. The quantitative estimate of drug-likeness (QED) is 0.658. The van der Waals surface area contributed by atoms with E-state index < -0.39 is 12.1 Å². The highest BCUT2D eigenvalue weighted by Gasteiger charge is 2.31. The lowest BCUT2D eigenvalue weighted by Crippen LogP contribution is -2.58. The molecular formula is C12H16N2O3. The Morgan fingerprint density at radius 2 is 2.00 bits per heavy atom. The number of nitrogens with zero attached hydrogens (tertiary/aromatic N) is 1. The van der Waals surface area contributed by atoms with Crippen LogP contribution in [0.15, 0.2) is 24.3 Å². The van der Waals surface area contributed by atoms with Crippen molar-refractivity contribution >= 4 is 5.91 Å². The number of aromatic hydroxyl groups is 1. The van der Waals surface area contributed by atoms with Gasteiger partial charge >= 0.3 is 0 Å². The predicted molar refractivity (Wildman–Crippen MR) is 62.4 cm³/mol. The monoisotopic (exact) mass is 236 g/mol. The third-order valence-corrected chi connectivity index (χ3v) is 2.88. The highest BCUT2D eigenvalue weighted by Crippen LogP contribution is 2.13. The fourth-order valence-electron chi connectivity index (χ4n) is 1.84. The fourth-order valence-corrected chi connectivity index (χ4v) is 1.84. The van der Waals surface area contributed by atoms with E-state index in [2.05, 4.69) is 0 Å². The van der Waals surface area contributed by atoms with Crippen LogP contribution >= 0.6 is 0 Å². The summed E-state index contributed by atoms with van der Waals surface area (Å²) < 4.78 is 0. The van der Waals surface area contributed by atoms with Gasteiger partial charge in [-0.15, -0.1) is 0 Å². The van der Waals surface area contributed by atoms with Gasteiger partial charge in [-0.2, -0.15) is 0 Å². The number of nitrogens with two attached hydrogens (primary N) is 1. The smallest absolute Gasteiger partial charge is 0.240 e. The van der Waals surface area contributed by atoms with Crippen molar-refractivity contribution in [2.45, 2.75) is 18.6 Å². The molecule has 1 heterocycles. The molecular weight excluding hydrogens is 220 g/mol. The van der Waals surface area contributed by atoms with E-state index in [1.54, 1.807) is 29.2 Å². The van der Waals surface area contributed by atoms with Crippen LogP contribution in [-0.4, -0.2) is 46.3 Å². The van der Waals surface area contributed by atoms with Gasteiger partial charge in [0.1, 0.15) is 5.75 Å². The number of hydrogen-bond acceptors (Lipinski definition) is 4. The molecule has 0 aromatic heterocycles. The lowest BCUT2D eigenvalue weighted by molar-refractivity contribution is -0.142. The molecule has 1 fully saturated rings. The molecule has 1 aliphatic rings. The first-order valence-corrected chi connectivity index (χ1v) is 5.56. The average Bonchev–Trinajstić information content (AvgIpc) is 2.27. The molecule has 17 heavy (non-hydrogen) atoms. The van der Waals surface area contributed by atoms with Crippen molar-refractivity contribution in [1.29, 1.82) is 0 Å². The molecule has 0 spiro atoms. The zero-order chi connectivity index (χ0) is 12.4. The lowest BCUT2D eigenvalue weighted by Gasteiger charge is -2.37. The first kappa shape index (κ1) is 11.9. The summed E-state index contributed by atoms with van der Waals surface area (Å²) in [7, 11) is 0. The Morgan fingerprint density at radius 1 is 1.41 bits per heavy atom. The van der Waals surface area contributed by atoms with Crippen molar-refractivity contribution in [3.8, 4) is 5.75 Å².